The van der Waals surface area contributed by atoms with Gasteiger partial charge in [-0.2, -0.15) is 0 Å². The Morgan fingerprint density at radius 1 is 1.00 bits per heavy atom. The van der Waals surface area contributed by atoms with Crippen molar-refractivity contribution >= 4 is 58.4 Å². The van der Waals surface area contributed by atoms with Gasteiger partial charge in [0.05, 0.1) is 15.6 Å². The molecule has 2 rings (SSSR count). The van der Waals surface area contributed by atoms with Crippen LogP contribution in [0.5, 0.6) is 5.75 Å². The maximum Gasteiger partial charge on any atom is 0.341 e. The quantitative estimate of drug-likeness (QED) is 0.540. The van der Waals surface area contributed by atoms with Gasteiger partial charge < -0.3 is 14.9 Å². The van der Waals surface area contributed by atoms with Gasteiger partial charge in [0.2, 0.25) is 0 Å². The van der Waals surface area contributed by atoms with E-state index in [9.17, 15) is 14.7 Å². The van der Waals surface area contributed by atoms with E-state index >= 15 is 0 Å². The highest BCUT2D eigenvalue weighted by Gasteiger charge is 2.21. The molecular formula is C17H11Cl3O5. The lowest BCUT2D eigenvalue weighted by Crippen LogP contribution is -2.10. The summed E-state index contributed by atoms with van der Waals surface area (Å²) in [5.74, 6) is -2.47. The number of carboxylic acid groups (broad SMARTS) is 2. The Balaban J connectivity index is 2.59. The van der Waals surface area contributed by atoms with Gasteiger partial charge in [-0.15, -0.1) is 0 Å². The van der Waals surface area contributed by atoms with Gasteiger partial charge in [-0.1, -0.05) is 53.0 Å². The first-order valence-electron chi connectivity index (χ1n) is 6.83. The molecule has 8 heteroatoms. The number of rotatable bonds is 6. The number of hydrogen-bond acceptors (Lipinski definition) is 3. The molecule has 0 amide bonds. The van der Waals surface area contributed by atoms with Crippen molar-refractivity contribution in [2.24, 2.45) is 0 Å². The molecule has 25 heavy (non-hydrogen) atoms. The van der Waals surface area contributed by atoms with Crippen LogP contribution < -0.4 is 4.74 Å². The average molecular weight is 402 g/mol. The maximum atomic E-state index is 11.7. The minimum atomic E-state index is -1.28. The van der Waals surface area contributed by atoms with Crippen LogP contribution in [0.3, 0.4) is 0 Å². The minimum absolute atomic E-state index is 0.00905. The number of ether oxygens (including phenoxy) is 1. The summed E-state index contributed by atoms with van der Waals surface area (Å²) in [5.41, 5.74) is 0.271. The van der Waals surface area contributed by atoms with Gasteiger partial charge in [0.1, 0.15) is 5.75 Å². The molecule has 0 aliphatic heterocycles. The van der Waals surface area contributed by atoms with E-state index in [4.69, 9.17) is 44.6 Å². The third-order valence-corrected chi connectivity index (χ3v) is 4.15. The molecule has 0 saturated heterocycles. The predicted octanol–water partition coefficient (Wildman–Crippen LogP) is 4.74. The van der Waals surface area contributed by atoms with Crippen LogP contribution in [0.15, 0.2) is 36.4 Å². The molecule has 0 radical (unpaired) electrons. The molecular weight excluding hydrogens is 391 g/mol. The van der Waals surface area contributed by atoms with Crippen LogP contribution in [-0.2, 0) is 9.59 Å². The fourth-order valence-electron chi connectivity index (χ4n) is 2.02. The van der Waals surface area contributed by atoms with Gasteiger partial charge >= 0.3 is 11.9 Å². The summed E-state index contributed by atoms with van der Waals surface area (Å²) in [6.45, 7) is -0.628. The van der Waals surface area contributed by atoms with Crippen molar-refractivity contribution in [2.75, 3.05) is 6.61 Å². The molecule has 2 aromatic rings. The van der Waals surface area contributed by atoms with Crippen LogP contribution in [0.1, 0.15) is 11.1 Å². The molecule has 0 aliphatic rings. The highest BCUT2D eigenvalue weighted by molar-refractivity contribution is 6.42. The molecule has 0 aliphatic carbocycles. The van der Waals surface area contributed by atoms with Crippen LogP contribution >= 0.6 is 34.8 Å². The number of halogens is 3. The van der Waals surface area contributed by atoms with E-state index in [1.165, 1.54) is 18.2 Å². The van der Waals surface area contributed by atoms with Gasteiger partial charge in [0.25, 0.3) is 0 Å². The van der Waals surface area contributed by atoms with Crippen LogP contribution in [0.4, 0.5) is 0 Å². The standard InChI is InChI=1S/C17H11Cl3O5/c18-11-4-2-1-3-9(11)7-10(17(23)24)15-12(19)5-6-13(16(15)20)25-8-14(21)22/h1-7H,8H2,(H,21,22)(H,23,24). The van der Waals surface area contributed by atoms with Crippen molar-refractivity contribution in [3.8, 4) is 5.75 Å². The van der Waals surface area contributed by atoms with Crippen molar-refractivity contribution in [1.29, 1.82) is 0 Å². The molecule has 0 unspecified atom stereocenters. The van der Waals surface area contributed by atoms with Crippen molar-refractivity contribution < 1.29 is 24.5 Å². The summed E-state index contributed by atoms with van der Waals surface area (Å²) in [7, 11) is 0. The summed E-state index contributed by atoms with van der Waals surface area (Å²) in [6, 6.07) is 9.41. The SMILES string of the molecule is O=C(O)COc1ccc(Cl)c(C(=Cc2ccccc2Cl)C(=O)O)c1Cl. The van der Waals surface area contributed by atoms with E-state index in [0.29, 0.717) is 10.6 Å². The minimum Gasteiger partial charge on any atom is -0.480 e. The molecule has 0 heterocycles. The van der Waals surface area contributed by atoms with Gasteiger partial charge in [-0.05, 0) is 29.8 Å². The van der Waals surface area contributed by atoms with Gasteiger partial charge in [-0.3, -0.25) is 0 Å². The van der Waals surface area contributed by atoms with E-state index in [2.05, 4.69) is 0 Å². The zero-order chi connectivity index (χ0) is 18.6. The second-order valence-corrected chi connectivity index (χ2v) is 5.99. The van der Waals surface area contributed by atoms with Crippen molar-refractivity contribution in [1.82, 2.24) is 0 Å². The molecule has 130 valence electrons. The van der Waals surface area contributed by atoms with E-state index < -0.39 is 18.5 Å². The first kappa shape index (κ1) is 19.1. The highest BCUT2D eigenvalue weighted by atomic mass is 35.5. The van der Waals surface area contributed by atoms with E-state index in [-0.39, 0.29) is 26.9 Å². The van der Waals surface area contributed by atoms with Crippen LogP contribution in [0.25, 0.3) is 11.6 Å². The molecule has 0 atom stereocenters. The summed E-state index contributed by atoms with van der Waals surface area (Å²) in [4.78, 5) is 22.4. The molecule has 0 fully saturated rings. The molecule has 0 spiro atoms. The first-order valence-corrected chi connectivity index (χ1v) is 7.97. The van der Waals surface area contributed by atoms with Gasteiger partial charge in [0.15, 0.2) is 6.61 Å². The van der Waals surface area contributed by atoms with Gasteiger partial charge in [-0.25, -0.2) is 9.59 Å². The normalized spacial score (nSPS) is 11.2. The van der Waals surface area contributed by atoms with Crippen molar-refractivity contribution in [2.45, 2.75) is 0 Å². The number of carbonyl (C=O) groups is 2. The smallest absolute Gasteiger partial charge is 0.341 e. The fraction of sp³-hybridized carbons (Fsp3) is 0.0588. The number of carboxylic acids is 2. The average Bonchev–Trinajstić information content (AvgIpc) is 2.54. The summed E-state index contributed by atoms with van der Waals surface area (Å²) in [5, 5.41) is 18.6. The zero-order valence-electron chi connectivity index (χ0n) is 12.5. The molecule has 2 N–H and O–H groups in total. The molecule has 0 saturated carbocycles. The van der Waals surface area contributed by atoms with Crippen LogP contribution in [0, 0.1) is 0 Å². The lowest BCUT2D eigenvalue weighted by atomic mass is 10.0. The van der Waals surface area contributed by atoms with Crippen LogP contribution in [-0.4, -0.2) is 28.8 Å². The number of hydrogen-bond donors (Lipinski definition) is 2. The highest BCUT2D eigenvalue weighted by Crippen LogP contribution is 2.39. The fourth-order valence-corrected chi connectivity index (χ4v) is 2.84. The van der Waals surface area contributed by atoms with Crippen LogP contribution in [0.2, 0.25) is 15.1 Å². The Bertz CT molecular complexity index is 861. The summed E-state index contributed by atoms with van der Waals surface area (Å²) >= 11 is 18.4. The predicted molar refractivity (Wildman–Crippen MR) is 96.6 cm³/mol. The maximum absolute atomic E-state index is 11.7. The zero-order valence-corrected chi connectivity index (χ0v) is 14.8. The molecule has 2 aromatic carbocycles. The molecule has 5 nitrogen and oxygen atoms in total. The van der Waals surface area contributed by atoms with E-state index in [0.717, 1.165) is 0 Å². The Morgan fingerprint density at radius 2 is 1.68 bits per heavy atom. The topological polar surface area (TPSA) is 83.8 Å². The first-order chi connectivity index (χ1) is 11.8. The molecule has 0 bridgehead atoms. The third kappa shape index (κ3) is 4.66. The number of aliphatic carboxylic acids is 2. The monoisotopic (exact) mass is 400 g/mol. The summed E-state index contributed by atoms with van der Waals surface area (Å²) in [6.07, 6.45) is 1.33. The second kappa shape index (κ2) is 8.25. The van der Waals surface area contributed by atoms with E-state index in [1.807, 2.05) is 0 Å². The summed E-state index contributed by atoms with van der Waals surface area (Å²) < 4.78 is 5.06. The Labute approximate surface area is 158 Å². The van der Waals surface area contributed by atoms with Crippen molar-refractivity contribution in [3.63, 3.8) is 0 Å². The van der Waals surface area contributed by atoms with E-state index in [1.54, 1.807) is 24.3 Å². The van der Waals surface area contributed by atoms with Crippen molar-refractivity contribution in [3.05, 3.63) is 62.6 Å². The lowest BCUT2D eigenvalue weighted by Gasteiger charge is -2.13. The molecule has 0 aromatic heterocycles. The van der Waals surface area contributed by atoms with Gasteiger partial charge in [0, 0.05) is 10.6 Å². The second-order valence-electron chi connectivity index (χ2n) is 4.80. The third-order valence-electron chi connectivity index (χ3n) is 3.11. The number of benzene rings is 2. The lowest BCUT2D eigenvalue weighted by molar-refractivity contribution is -0.139. The largest absolute Gasteiger partial charge is 0.480 e. The Hall–Kier alpha value is -2.21. The Kier molecular flexibility index (Phi) is 6.31. The Morgan fingerprint density at radius 3 is 2.28 bits per heavy atom.